The number of methoxy groups -OCH3 is 1. The SMILES string of the molecule is CC[C@@H](C(=O)NC)N(Cc1cccc(OC)c1)C(=O)CSCc1c(F)cccc1Cl. The van der Waals surface area contributed by atoms with Crippen LogP contribution in [0.1, 0.15) is 24.5 Å². The number of hydrogen-bond acceptors (Lipinski definition) is 4. The summed E-state index contributed by atoms with van der Waals surface area (Å²) in [6, 6.07) is 11.3. The van der Waals surface area contributed by atoms with Gasteiger partial charge >= 0.3 is 0 Å². The van der Waals surface area contributed by atoms with E-state index in [2.05, 4.69) is 5.32 Å². The average molecular weight is 453 g/mol. The molecule has 0 aliphatic heterocycles. The van der Waals surface area contributed by atoms with Gasteiger partial charge in [0.05, 0.1) is 12.9 Å². The van der Waals surface area contributed by atoms with Gasteiger partial charge in [0.15, 0.2) is 0 Å². The predicted molar refractivity (Wildman–Crippen MR) is 119 cm³/mol. The lowest BCUT2D eigenvalue weighted by molar-refractivity contribution is -0.139. The van der Waals surface area contributed by atoms with Gasteiger partial charge in [-0.2, -0.15) is 0 Å². The van der Waals surface area contributed by atoms with Gasteiger partial charge in [-0.3, -0.25) is 9.59 Å². The summed E-state index contributed by atoms with van der Waals surface area (Å²) in [5.74, 6) is 0.217. The number of nitrogens with zero attached hydrogens (tertiary/aromatic N) is 1. The van der Waals surface area contributed by atoms with Crippen LogP contribution in [0, 0.1) is 5.82 Å². The molecule has 0 spiro atoms. The molecule has 0 radical (unpaired) electrons. The fourth-order valence-electron chi connectivity index (χ4n) is 3.05. The number of hydrogen-bond donors (Lipinski definition) is 1. The zero-order chi connectivity index (χ0) is 22.1. The third-order valence-corrected chi connectivity index (χ3v) is 5.95. The number of likely N-dealkylation sites (N-methyl/N-ethyl adjacent to an activating group) is 1. The molecule has 162 valence electrons. The van der Waals surface area contributed by atoms with E-state index in [1.807, 2.05) is 31.2 Å². The van der Waals surface area contributed by atoms with Gasteiger partial charge in [-0.05, 0) is 36.2 Å². The van der Waals surface area contributed by atoms with Crippen molar-refractivity contribution in [2.24, 2.45) is 0 Å². The Balaban J connectivity index is 2.15. The summed E-state index contributed by atoms with van der Waals surface area (Å²) in [5.41, 5.74) is 1.22. The molecule has 2 aromatic carbocycles. The molecule has 0 bridgehead atoms. The van der Waals surface area contributed by atoms with Crippen molar-refractivity contribution in [2.75, 3.05) is 19.9 Å². The minimum Gasteiger partial charge on any atom is -0.497 e. The van der Waals surface area contributed by atoms with E-state index >= 15 is 0 Å². The van der Waals surface area contributed by atoms with Gasteiger partial charge in [-0.1, -0.05) is 36.7 Å². The summed E-state index contributed by atoms with van der Waals surface area (Å²) in [7, 11) is 3.13. The number of ether oxygens (including phenoxy) is 1. The van der Waals surface area contributed by atoms with E-state index in [4.69, 9.17) is 16.3 Å². The highest BCUT2D eigenvalue weighted by molar-refractivity contribution is 7.99. The van der Waals surface area contributed by atoms with E-state index in [0.717, 1.165) is 5.56 Å². The summed E-state index contributed by atoms with van der Waals surface area (Å²) >= 11 is 7.33. The first-order valence-corrected chi connectivity index (χ1v) is 11.1. The molecule has 0 fully saturated rings. The number of rotatable bonds is 10. The van der Waals surface area contributed by atoms with Crippen LogP contribution in [-0.4, -0.2) is 42.7 Å². The molecule has 2 amide bonds. The second-order valence-corrected chi connectivity index (χ2v) is 8.00. The molecule has 5 nitrogen and oxygen atoms in total. The largest absolute Gasteiger partial charge is 0.497 e. The monoisotopic (exact) mass is 452 g/mol. The standard InChI is InChI=1S/C22H26ClFN2O3S/c1-4-20(22(28)25-2)26(12-15-7-5-8-16(11-15)29-3)21(27)14-30-13-17-18(23)9-6-10-19(17)24/h5-11,20H,4,12-14H2,1-3H3,(H,25,28)/t20-/m0/s1. The average Bonchev–Trinajstić information content (AvgIpc) is 2.75. The van der Waals surface area contributed by atoms with Crippen LogP contribution < -0.4 is 10.1 Å². The maximum Gasteiger partial charge on any atom is 0.242 e. The molecule has 0 saturated heterocycles. The topological polar surface area (TPSA) is 58.6 Å². The zero-order valence-corrected chi connectivity index (χ0v) is 18.9. The summed E-state index contributed by atoms with van der Waals surface area (Å²) < 4.78 is 19.2. The summed E-state index contributed by atoms with van der Waals surface area (Å²) in [4.78, 5) is 27.0. The maximum absolute atomic E-state index is 14.0. The van der Waals surface area contributed by atoms with Crippen LogP contribution in [0.3, 0.4) is 0 Å². The molecule has 30 heavy (non-hydrogen) atoms. The summed E-state index contributed by atoms with van der Waals surface area (Å²) in [6.07, 6.45) is 0.471. The van der Waals surface area contributed by atoms with Crippen LogP contribution in [0.2, 0.25) is 5.02 Å². The second-order valence-electron chi connectivity index (χ2n) is 6.60. The molecular formula is C22H26ClFN2O3S. The van der Waals surface area contributed by atoms with Crippen molar-refractivity contribution in [1.29, 1.82) is 0 Å². The lowest BCUT2D eigenvalue weighted by Crippen LogP contribution is -2.48. The van der Waals surface area contributed by atoms with E-state index in [1.165, 1.54) is 17.8 Å². The van der Waals surface area contributed by atoms with Gasteiger partial charge in [-0.15, -0.1) is 11.8 Å². The minimum atomic E-state index is -0.605. The molecule has 0 aliphatic carbocycles. The van der Waals surface area contributed by atoms with Crippen molar-refractivity contribution in [3.05, 3.63) is 64.4 Å². The highest BCUT2D eigenvalue weighted by atomic mass is 35.5. The highest BCUT2D eigenvalue weighted by Gasteiger charge is 2.28. The van der Waals surface area contributed by atoms with Gasteiger partial charge in [0.25, 0.3) is 0 Å². The molecule has 0 aliphatic rings. The van der Waals surface area contributed by atoms with Crippen molar-refractivity contribution < 1.29 is 18.7 Å². The number of benzene rings is 2. The zero-order valence-electron chi connectivity index (χ0n) is 17.3. The first-order valence-electron chi connectivity index (χ1n) is 9.55. The Morgan fingerprint density at radius 2 is 2.00 bits per heavy atom. The minimum absolute atomic E-state index is 0.0993. The molecular weight excluding hydrogens is 427 g/mol. The van der Waals surface area contributed by atoms with Gasteiger partial charge in [0.1, 0.15) is 17.6 Å². The molecule has 8 heteroatoms. The van der Waals surface area contributed by atoms with Crippen LogP contribution in [0.15, 0.2) is 42.5 Å². The van der Waals surface area contributed by atoms with Gasteiger partial charge < -0.3 is 15.0 Å². The maximum atomic E-state index is 14.0. The van der Waals surface area contributed by atoms with Crippen molar-refractivity contribution in [3.63, 3.8) is 0 Å². The Hall–Kier alpha value is -2.25. The first kappa shape index (κ1) is 24.0. The van der Waals surface area contributed by atoms with Crippen LogP contribution in [-0.2, 0) is 21.9 Å². The molecule has 1 atom stereocenters. The third-order valence-electron chi connectivity index (χ3n) is 4.65. The highest BCUT2D eigenvalue weighted by Crippen LogP contribution is 2.25. The molecule has 0 unspecified atom stereocenters. The lowest BCUT2D eigenvalue weighted by Gasteiger charge is -2.30. The Bertz CT molecular complexity index is 861. The summed E-state index contributed by atoms with van der Waals surface area (Å²) in [5, 5.41) is 2.96. The quantitative estimate of drug-likeness (QED) is 0.584. The van der Waals surface area contributed by atoms with E-state index in [0.29, 0.717) is 22.8 Å². The van der Waals surface area contributed by atoms with Crippen LogP contribution >= 0.6 is 23.4 Å². The first-order chi connectivity index (χ1) is 14.4. The molecule has 0 heterocycles. The van der Waals surface area contributed by atoms with Crippen LogP contribution in [0.4, 0.5) is 4.39 Å². The van der Waals surface area contributed by atoms with Crippen LogP contribution in [0.25, 0.3) is 0 Å². The van der Waals surface area contributed by atoms with Crippen molar-refractivity contribution in [1.82, 2.24) is 10.2 Å². The van der Waals surface area contributed by atoms with Crippen LogP contribution in [0.5, 0.6) is 5.75 Å². The Kier molecular flexibility index (Phi) is 9.46. The fourth-order valence-corrected chi connectivity index (χ4v) is 4.30. The lowest BCUT2D eigenvalue weighted by atomic mass is 10.1. The number of halogens is 2. The Labute approximate surface area is 185 Å². The summed E-state index contributed by atoms with van der Waals surface area (Å²) in [6.45, 7) is 2.13. The van der Waals surface area contributed by atoms with Crippen molar-refractivity contribution >= 4 is 35.2 Å². The normalized spacial score (nSPS) is 11.6. The van der Waals surface area contributed by atoms with Crippen molar-refractivity contribution in [3.8, 4) is 5.75 Å². The fraction of sp³-hybridized carbons (Fsp3) is 0.364. The Morgan fingerprint density at radius 1 is 1.27 bits per heavy atom. The van der Waals surface area contributed by atoms with Gasteiger partial charge in [0, 0.05) is 29.9 Å². The molecule has 0 aromatic heterocycles. The van der Waals surface area contributed by atoms with E-state index in [1.54, 1.807) is 31.2 Å². The molecule has 2 rings (SSSR count). The van der Waals surface area contributed by atoms with Crippen molar-refractivity contribution in [2.45, 2.75) is 31.7 Å². The van der Waals surface area contributed by atoms with E-state index < -0.39 is 11.9 Å². The smallest absolute Gasteiger partial charge is 0.242 e. The molecule has 1 N–H and O–H groups in total. The number of carbonyl (C=O) groups excluding carboxylic acids is 2. The molecule has 2 aromatic rings. The number of carbonyl (C=O) groups is 2. The van der Waals surface area contributed by atoms with Gasteiger partial charge in [-0.25, -0.2) is 4.39 Å². The predicted octanol–water partition coefficient (Wildman–Crippen LogP) is 4.27. The molecule has 0 saturated carbocycles. The second kappa shape index (κ2) is 11.8. The number of nitrogens with one attached hydrogen (secondary N) is 1. The number of amides is 2. The third kappa shape index (κ3) is 6.37. The number of thioether (sulfide) groups is 1. The van der Waals surface area contributed by atoms with E-state index in [9.17, 15) is 14.0 Å². The van der Waals surface area contributed by atoms with Gasteiger partial charge in [0.2, 0.25) is 11.8 Å². The Morgan fingerprint density at radius 3 is 2.63 bits per heavy atom. The van der Waals surface area contributed by atoms with E-state index in [-0.39, 0.29) is 29.9 Å².